The van der Waals surface area contributed by atoms with E-state index in [1.165, 1.54) is 0 Å². The van der Waals surface area contributed by atoms with E-state index in [1.54, 1.807) is 28.9 Å². The summed E-state index contributed by atoms with van der Waals surface area (Å²) in [5, 5.41) is 3.93. The van der Waals surface area contributed by atoms with Crippen LogP contribution in [0.25, 0.3) is 5.95 Å². The average Bonchev–Trinajstić information content (AvgIpc) is 2.87. The number of imidazole rings is 1. The van der Waals surface area contributed by atoms with Crippen LogP contribution < -0.4 is 5.32 Å². The second-order valence-electron chi connectivity index (χ2n) is 5.35. The molecule has 2 aromatic rings. The number of nitrogens with one attached hydrogen (secondary N) is 1. The molecule has 0 amide bonds. The van der Waals surface area contributed by atoms with Crippen molar-refractivity contribution >= 4 is 17.7 Å². The smallest absolute Gasteiger partial charge is 0.240 e. The monoisotopic (exact) mass is 292 g/mol. The third-order valence-electron chi connectivity index (χ3n) is 2.27. The zero-order valence-corrected chi connectivity index (χ0v) is 13.1. The van der Waals surface area contributed by atoms with Crippen molar-refractivity contribution < 1.29 is 0 Å². The van der Waals surface area contributed by atoms with E-state index in [0.717, 1.165) is 18.1 Å². The largest absolute Gasteiger partial charge is 0.354 e. The predicted octanol–water partition coefficient (Wildman–Crippen LogP) is 2.77. The molecule has 0 unspecified atom stereocenters. The third-order valence-corrected chi connectivity index (χ3v) is 3.25. The Kier molecular flexibility index (Phi) is 4.59. The van der Waals surface area contributed by atoms with Gasteiger partial charge in [-0.2, -0.15) is 15.0 Å². The Bertz CT molecular complexity index is 546. The average molecular weight is 292 g/mol. The summed E-state index contributed by atoms with van der Waals surface area (Å²) in [5.41, 5.74) is 0. The van der Waals surface area contributed by atoms with Crippen LogP contribution in [0.3, 0.4) is 0 Å². The number of aromatic nitrogens is 5. The quantitative estimate of drug-likeness (QED) is 0.855. The zero-order valence-electron chi connectivity index (χ0n) is 12.3. The molecule has 0 aliphatic carbocycles. The van der Waals surface area contributed by atoms with Gasteiger partial charge in [0.1, 0.15) is 6.33 Å². The van der Waals surface area contributed by atoms with Crippen molar-refractivity contribution in [2.75, 3.05) is 11.9 Å². The highest BCUT2D eigenvalue weighted by molar-refractivity contribution is 8.00. The number of hydrogen-bond donors (Lipinski definition) is 1. The number of thioether (sulfide) groups is 1. The summed E-state index contributed by atoms with van der Waals surface area (Å²) >= 11 is 1.62. The summed E-state index contributed by atoms with van der Waals surface area (Å²) in [7, 11) is 0. The van der Waals surface area contributed by atoms with Crippen LogP contribution in [0, 0.1) is 0 Å². The molecule has 0 aliphatic rings. The molecule has 2 aromatic heterocycles. The van der Waals surface area contributed by atoms with Gasteiger partial charge in [-0.25, -0.2) is 4.98 Å². The second kappa shape index (κ2) is 6.21. The van der Waals surface area contributed by atoms with Crippen LogP contribution in [0.5, 0.6) is 0 Å². The van der Waals surface area contributed by atoms with Gasteiger partial charge >= 0.3 is 0 Å². The van der Waals surface area contributed by atoms with Crippen LogP contribution >= 0.6 is 11.8 Å². The summed E-state index contributed by atoms with van der Waals surface area (Å²) in [4.78, 5) is 17.4. The molecule has 0 saturated heterocycles. The molecule has 2 rings (SSSR count). The van der Waals surface area contributed by atoms with E-state index in [4.69, 9.17) is 0 Å². The van der Waals surface area contributed by atoms with E-state index in [1.807, 2.05) is 6.20 Å². The third kappa shape index (κ3) is 4.19. The summed E-state index contributed by atoms with van der Waals surface area (Å²) in [5.74, 6) is 1.19. The first-order valence-corrected chi connectivity index (χ1v) is 7.47. The van der Waals surface area contributed by atoms with Gasteiger partial charge in [0.25, 0.3) is 0 Å². The molecule has 0 radical (unpaired) electrons. The van der Waals surface area contributed by atoms with Crippen molar-refractivity contribution in [1.82, 2.24) is 24.5 Å². The SMILES string of the molecule is CCCNc1nc(SC(C)(C)C)nc(-n2ccnc2)n1. The lowest BCUT2D eigenvalue weighted by Crippen LogP contribution is -2.13. The highest BCUT2D eigenvalue weighted by Crippen LogP contribution is 2.29. The van der Waals surface area contributed by atoms with Crippen LogP contribution in [0.4, 0.5) is 5.95 Å². The molecular weight excluding hydrogens is 272 g/mol. The molecule has 0 bridgehead atoms. The lowest BCUT2D eigenvalue weighted by molar-refractivity contribution is 0.774. The van der Waals surface area contributed by atoms with E-state index in [2.05, 4.69) is 52.9 Å². The number of hydrogen-bond acceptors (Lipinski definition) is 6. The van der Waals surface area contributed by atoms with Crippen molar-refractivity contribution in [2.24, 2.45) is 0 Å². The molecule has 7 heteroatoms. The Morgan fingerprint density at radius 3 is 2.65 bits per heavy atom. The molecule has 20 heavy (non-hydrogen) atoms. The summed E-state index contributed by atoms with van der Waals surface area (Å²) in [6, 6.07) is 0. The number of rotatable bonds is 5. The molecule has 0 atom stereocenters. The van der Waals surface area contributed by atoms with E-state index < -0.39 is 0 Å². The van der Waals surface area contributed by atoms with Gasteiger partial charge in [-0.3, -0.25) is 4.57 Å². The highest BCUT2D eigenvalue weighted by atomic mass is 32.2. The first kappa shape index (κ1) is 14.8. The molecule has 1 N–H and O–H groups in total. The fraction of sp³-hybridized carbons (Fsp3) is 0.538. The van der Waals surface area contributed by atoms with Crippen LogP contribution in [-0.4, -0.2) is 35.8 Å². The van der Waals surface area contributed by atoms with Gasteiger partial charge in [0.05, 0.1) is 0 Å². The minimum absolute atomic E-state index is 0.0512. The maximum atomic E-state index is 4.49. The first-order valence-electron chi connectivity index (χ1n) is 6.65. The lowest BCUT2D eigenvalue weighted by Gasteiger charge is -2.17. The van der Waals surface area contributed by atoms with Crippen molar-refractivity contribution in [1.29, 1.82) is 0 Å². The van der Waals surface area contributed by atoms with Gasteiger partial charge in [-0.1, -0.05) is 39.5 Å². The van der Waals surface area contributed by atoms with Gasteiger partial charge in [0.15, 0.2) is 5.16 Å². The van der Waals surface area contributed by atoms with Crippen LogP contribution in [-0.2, 0) is 0 Å². The Morgan fingerprint density at radius 2 is 2.05 bits per heavy atom. The normalized spacial score (nSPS) is 11.6. The Balaban J connectivity index is 2.33. The fourth-order valence-electron chi connectivity index (χ4n) is 1.47. The van der Waals surface area contributed by atoms with E-state index in [9.17, 15) is 0 Å². The van der Waals surface area contributed by atoms with Crippen molar-refractivity contribution in [2.45, 2.75) is 44.0 Å². The maximum absolute atomic E-state index is 4.49. The molecular formula is C13H20N6S. The minimum Gasteiger partial charge on any atom is -0.354 e. The fourth-order valence-corrected chi connectivity index (χ4v) is 2.28. The summed E-state index contributed by atoms with van der Waals surface area (Å²) in [6.07, 6.45) is 6.24. The van der Waals surface area contributed by atoms with Gasteiger partial charge in [0.2, 0.25) is 11.9 Å². The van der Waals surface area contributed by atoms with Crippen LogP contribution in [0.2, 0.25) is 0 Å². The number of anilines is 1. The molecule has 0 aliphatic heterocycles. The topological polar surface area (TPSA) is 68.5 Å². The molecule has 0 saturated carbocycles. The predicted molar refractivity (Wildman–Crippen MR) is 81.3 cm³/mol. The van der Waals surface area contributed by atoms with Crippen molar-refractivity contribution in [3.63, 3.8) is 0 Å². The Hall–Kier alpha value is -1.63. The molecule has 0 fully saturated rings. The maximum Gasteiger partial charge on any atom is 0.240 e. The van der Waals surface area contributed by atoms with Gasteiger partial charge in [-0.05, 0) is 6.42 Å². The van der Waals surface area contributed by atoms with E-state index in [-0.39, 0.29) is 4.75 Å². The van der Waals surface area contributed by atoms with Crippen LogP contribution in [0.1, 0.15) is 34.1 Å². The second-order valence-corrected chi connectivity index (χ2v) is 7.15. The minimum atomic E-state index is 0.0512. The van der Waals surface area contributed by atoms with Crippen LogP contribution in [0.15, 0.2) is 23.9 Å². The van der Waals surface area contributed by atoms with Gasteiger partial charge in [0, 0.05) is 23.7 Å². The molecule has 0 spiro atoms. The van der Waals surface area contributed by atoms with Crippen molar-refractivity contribution in [3.05, 3.63) is 18.7 Å². The summed E-state index contributed by atoms with van der Waals surface area (Å²) in [6.45, 7) is 9.36. The van der Waals surface area contributed by atoms with Gasteiger partial charge in [-0.15, -0.1) is 0 Å². The van der Waals surface area contributed by atoms with Crippen molar-refractivity contribution in [3.8, 4) is 5.95 Å². The molecule has 108 valence electrons. The molecule has 0 aromatic carbocycles. The Morgan fingerprint density at radius 1 is 1.25 bits per heavy atom. The number of nitrogens with zero attached hydrogens (tertiary/aromatic N) is 5. The zero-order chi connectivity index (χ0) is 14.6. The lowest BCUT2D eigenvalue weighted by atomic mass is 10.3. The Labute approximate surface area is 123 Å². The molecule has 6 nitrogen and oxygen atoms in total. The first-order chi connectivity index (χ1) is 9.48. The highest BCUT2D eigenvalue weighted by Gasteiger charge is 2.16. The van der Waals surface area contributed by atoms with Gasteiger partial charge < -0.3 is 5.32 Å². The summed E-state index contributed by atoms with van der Waals surface area (Å²) < 4.78 is 1.83. The standard InChI is InChI=1S/C13H20N6S/c1-5-6-15-10-16-11(19-8-7-14-9-19)18-12(17-10)20-13(2,3)4/h7-9H,5-6H2,1-4H3,(H,15,16,17,18). The van der Waals surface area contributed by atoms with E-state index in [0.29, 0.717) is 11.9 Å². The molecule has 2 heterocycles. The van der Waals surface area contributed by atoms with E-state index >= 15 is 0 Å².